The van der Waals surface area contributed by atoms with Gasteiger partial charge in [0.25, 0.3) is 5.91 Å². The molecule has 2 heterocycles. The lowest BCUT2D eigenvalue weighted by Gasteiger charge is -2.18. The van der Waals surface area contributed by atoms with Crippen LogP contribution in [0.15, 0.2) is 23.6 Å². The summed E-state index contributed by atoms with van der Waals surface area (Å²) in [7, 11) is 3.19. The zero-order valence-corrected chi connectivity index (χ0v) is 14.1. The number of carbonyl (C=O) groups excluding carboxylic acids is 2. The summed E-state index contributed by atoms with van der Waals surface area (Å²) in [5.74, 6) is 0.453. The second kappa shape index (κ2) is 6.88. The summed E-state index contributed by atoms with van der Waals surface area (Å²) in [6.07, 6.45) is 0. The van der Waals surface area contributed by atoms with Crippen molar-refractivity contribution in [2.24, 2.45) is 0 Å². The number of nitrogens with zero attached hydrogens (tertiary/aromatic N) is 2. The van der Waals surface area contributed by atoms with Crippen LogP contribution in [0.5, 0.6) is 11.5 Å². The van der Waals surface area contributed by atoms with Gasteiger partial charge in [-0.25, -0.2) is 9.78 Å². The van der Waals surface area contributed by atoms with Crippen molar-refractivity contribution in [1.82, 2.24) is 9.88 Å². The van der Waals surface area contributed by atoms with Gasteiger partial charge in [-0.3, -0.25) is 4.79 Å². The molecule has 2 aromatic rings. The Hall–Kier alpha value is -2.61. The van der Waals surface area contributed by atoms with E-state index in [4.69, 9.17) is 14.2 Å². The highest BCUT2D eigenvalue weighted by Gasteiger charge is 2.17. The number of esters is 1. The molecule has 24 heavy (non-hydrogen) atoms. The number of benzene rings is 1. The van der Waals surface area contributed by atoms with Crippen molar-refractivity contribution in [3.8, 4) is 22.1 Å². The minimum atomic E-state index is -0.620. The molecule has 0 aliphatic carbocycles. The summed E-state index contributed by atoms with van der Waals surface area (Å²) >= 11 is 1.32. The number of rotatable bonds is 4. The molecule has 126 valence electrons. The number of hydrogen-bond donors (Lipinski definition) is 0. The first kappa shape index (κ1) is 16.3. The molecule has 1 aromatic heterocycles. The minimum Gasteiger partial charge on any atom is -0.486 e. The Bertz CT molecular complexity index is 772. The summed E-state index contributed by atoms with van der Waals surface area (Å²) in [6.45, 7) is 0.736. The number of aromatic nitrogens is 1. The van der Waals surface area contributed by atoms with Crippen molar-refractivity contribution in [2.75, 3.05) is 33.9 Å². The normalized spacial score (nSPS) is 12.6. The summed E-state index contributed by atoms with van der Waals surface area (Å²) in [5.41, 5.74) is 1.00. The highest BCUT2D eigenvalue weighted by Crippen LogP contribution is 2.35. The molecule has 0 atom stereocenters. The highest BCUT2D eigenvalue weighted by atomic mass is 32.1. The standard InChI is InChI=1S/C16H16N2O5S/c1-18(2)14(19)8-23-16(20)11-9-24-15(17-11)10-3-4-12-13(7-10)22-6-5-21-12/h3-4,7,9H,5-6,8H2,1-2H3. The fraction of sp³-hybridized carbons (Fsp3) is 0.312. The van der Waals surface area contributed by atoms with Crippen molar-refractivity contribution >= 4 is 23.2 Å². The van der Waals surface area contributed by atoms with Gasteiger partial charge in [-0.1, -0.05) is 0 Å². The zero-order chi connectivity index (χ0) is 17.1. The molecule has 0 N–H and O–H groups in total. The van der Waals surface area contributed by atoms with E-state index >= 15 is 0 Å². The number of thiazole rings is 1. The quantitative estimate of drug-likeness (QED) is 0.785. The maximum Gasteiger partial charge on any atom is 0.358 e. The van der Waals surface area contributed by atoms with Crippen LogP contribution in [-0.2, 0) is 9.53 Å². The van der Waals surface area contributed by atoms with E-state index in [1.165, 1.54) is 16.2 Å². The number of fused-ring (bicyclic) bond motifs is 1. The van der Waals surface area contributed by atoms with E-state index in [0.717, 1.165) is 5.56 Å². The number of carbonyl (C=O) groups is 2. The van der Waals surface area contributed by atoms with Crippen molar-refractivity contribution in [3.05, 3.63) is 29.3 Å². The van der Waals surface area contributed by atoms with Gasteiger partial charge in [-0.05, 0) is 18.2 Å². The summed E-state index contributed by atoms with van der Waals surface area (Å²) in [4.78, 5) is 29.0. The topological polar surface area (TPSA) is 78.0 Å². The fourth-order valence-corrected chi connectivity index (χ4v) is 2.79. The van der Waals surface area contributed by atoms with Gasteiger partial charge in [0.05, 0.1) is 0 Å². The maximum atomic E-state index is 12.0. The number of ether oxygens (including phenoxy) is 3. The first-order valence-electron chi connectivity index (χ1n) is 7.27. The molecule has 1 aliphatic rings. The Morgan fingerprint density at radius 3 is 2.75 bits per heavy atom. The van der Waals surface area contributed by atoms with Crippen LogP contribution < -0.4 is 9.47 Å². The average molecular weight is 348 g/mol. The van der Waals surface area contributed by atoms with Gasteiger partial charge < -0.3 is 19.1 Å². The van der Waals surface area contributed by atoms with E-state index in [0.29, 0.717) is 29.7 Å². The van der Waals surface area contributed by atoms with Gasteiger partial charge in [-0.2, -0.15) is 0 Å². The molecule has 0 spiro atoms. The maximum absolute atomic E-state index is 12.0. The third kappa shape index (κ3) is 3.48. The van der Waals surface area contributed by atoms with Crippen molar-refractivity contribution in [2.45, 2.75) is 0 Å². The number of likely N-dealkylation sites (N-methyl/N-ethyl adjacent to an activating group) is 1. The molecule has 0 unspecified atom stereocenters. The van der Waals surface area contributed by atoms with Crippen LogP contribution in [0.2, 0.25) is 0 Å². The smallest absolute Gasteiger partial charge is 0.358 e. The number of amides is 1. The first-order valence-corrected chi connectivity index (χ1v) is 8.15. The van der Waals surface area contributed by atoms with Crippen molar-refractivity contribution < 1.29 is 23.8 Å². The van der Waals surface area contributed by atoms with Crippen LogP contribution in [-0.4, -0.2) is 55.7 Å². The Balaban J connectivity index is 1.71. The van der Waals surface area contributed by atoms with Crippen LogP contribution in [0.1, 0.15) is 10.5 Å². The van der Waals surface area contributed by atoms with Crippen LogP contribution in [0.4, 0.5) is 0 Å². The Labute approximate surface area is 142 Å². The van der Waals surface area contributed by atoms with Gasteiger partial charge >= 0.3 is 5.97 Å². The van der Waals surface area contributed by atoms with Crippen LogP contribution in [0.25, 0.3) is 10.6 Å². The molecule has 0 radical (unpaired) electrons. The molecule has 7 nitrogen and oxygen atoms in total. The summed E-state index contributed by atoms with van der Waals surface area (Å²) < 4.78 is 16.0. The second-order valence-electron chi connectivity index (χ2n) is 5.26. The molecule has 0 saturated carbocycles. The van der Waals surface area contributed by atoms with Gasteiger partial charge in [0, 0.05) is 25.0 Å². The van der Waals surface area contributed by atoms with Crippen LogP contribution in [0.3, 0.4) is 0 Å². The first-order chi connectivity index (χ1) is 11.5. The van der Waals surface area contributed by atoms with E-state index < -0.39 is 5.97 Å². The third-order valence-corrected chi connectivity index (χ3v) is 4.22. The van der Waals surface area contributed by atoms with E-state index in [1.807, 2.05) is 18.2 Å². The molecule has 1 amide bonds. The molecule has 3 rings (SSSR count). The SMILES string of the molecule is CN(C)C(=O)COC(=O)c1csc(-c2ccc3c(c2)OCCO3)n1. The third-order valence-electron chi connectivity index (χ3n) is 3.33. The monoisotopic (exact) mass is 348 g/mol. The van der Waals surface area contributed by atoms with Gasteiger partial charge in [-0.15, -0.1) is 11.3 Å². The largest absolute Gasteiger partial charge is 0.486 e. The van der Waals surface area contributed by atoms with E-state index in [-0.39, 0.29) is 18.2 Å². The van der Waals surface area contributed by atoms with E-state index in [2.05, 4.69) is 4.98 Å². The second-order valence-corrected chi connectivity index (χ2v) is 6.12. The Morgan fingerprint density at radius 1 is 1.25 bits per heavy atom. The summed E-state index contributed by atoms with van der Waals surface area (Å²) in [6, 6.07) is 5.51. The highest BCUT2D eigenvalue weighted by molar-refractivity contribution is 7.13. The molecule has 1 aliphatic heterocycles. The summed E-state index contributed by atoms with van der Waals surface area (Å²) in [5, 5.41) is 2.27. The molecule has 1 aromatic carbocycles. The van der Waals surface area contributed by atoms with Crippen LogP contribution in [0, 0.1) is 0 Å². The molecule has 0 saturated heterocycles. The Morgan fingerprint density at radius 2 is 2.00 bits per heavy atom. The minimum absolute atomic E-state index is 0.177. The predicted molar refractivity (Wildman–Crippen MR) is 87.5 cm³/mol. The van der Waals surface area contributed by atoms with Crippen molar-refractivity contribution in [3.63, 3.8) is 0 Å². The Kier molecular flexibility index (Phi) is 4.66. The lowest BCUT2D eigenvalue weighted by Crippen LogP contribution is -2.27. The molecular formula is C16H16N2O5S. The molecule has 0 bridgehead atoms. The predicted octanol–water partition coefficient (Wildman–Crippen LogP) is 1.83. The number of hydrogen-bond acceptors (Lipinski definition) is 7. The van der Waals surface area contributed by atoms with E-state index in [9.17, 15) is 9.59 Å². The molecule has 0 fully saturated rings. The lowest BCUT2D eigenvalue weighted by atomic mass is 10.2. The lowest BCUT2D eigenvalue weighted by molar-refractivity contribution is -0.131. The van der Waals surface area contributed by atoms with Crippen molar-refractivity contribution in [1.29, 1.82) is 0 Å². The molecule has 8 heteroatoms. The van der Waals surface area contributed by atoms with Gasteiger partial charge in [0.2, 0.25) is 0 Å². The van der Waals surface area contributed by atoms with Gasteiger partial charge in [0.1, 0.15) is 18.2 Å². The molecular weight excluding hydrogens is 332 g/mol. The van der Waals surface area contributed by atoms with Crippen LogP contribution >= 0.6 is 11.3 Å². The van der Waals surface area contributed by atoms with Gasteiger partial charge in [0.15, 0.2) is 23.8 Å². The average Bonchev–Trinajstić information content (AvgIpc) is 3.09. The fourth-order valence-electron chi connectivity index (χ4n) is 2.01. The zero-order valence-electron chi connectivity index (χ0n) is 13.3. The van der Waals surface area contributed by atoms with E-state index in [1.54, 1.807) is 19.5 Å².